The molecule has 0 unspecified atom stereocenters. The average Bonchev–Trinajstić information content (AvgIpc) is 2.72. The Bertz CT molecular complexity index is 956. The molecule has 0 aliphatic carbocycles. The molecule has 136 valence electrons. The van der Waals surface area contributed by atoms with Crippen LogP contribution in [0.2, 0.25) is 0 Å². The molecule has 5 nitrogen and oxygen atoms in total. The Morgan fingerprint density at radius 1 is 1.04 bits per heavy atom. The summed E-state index contributed by atoms with van der Waals surface area (Å²) in [6.45, 7) is 0.817. The van der Waals surface area contributed by atoms with Crippen molar-refractivity contribution in [2.24, 2.45) is 0 Å². The second kappa shape index (κ2) is 7.58. The van der Waals surface area contributed by atoms with Crippen molar-refractivity contribution in [3.05, 3.63) is 72.2 Å². The highest BCUT2D eigenvalue weighted by molar-refractivity contribution is 5.96. The van der Waals surface area contributed by atoms with Gasteiger partial charge in [0.2, 0.25) is 5.91 Å². The predicted octanol–water partition coefficient (Wildman–Crippen LogP) is 3.71. The van der Waals surface area contributed by atoms with Crippen LogP contribution >= 0.6 is 0 Å². The fraction of sp³-hybridized carbons (Fsp3) is 0.227. The lowest BCUT2D eigenvalue weighted by atomic mass is 9.98. The van der Waals surface area contributed by atoms with Crippen LogP contribution in [0, 0.1) is 0 Å². The van der Waals surface area contributed by atoms with Gasteiger partial charge in [0, 0.05) is 61.5 Å². The van der Waals surface area contributed by atoms with E-state index in [9.17, 15) is 4.79 Å². The van der Waals surface area contributed by atoms with Crippen LogP contribution in [0.25, 0.3) is 11.3 Å². The van der Waals surface area contributed by atoms with Gasteiger partial charge in [-0.1, -0.05) is 12.1 Å². The van der Waals surface area contributed by atoms with Gasteiger partial charge >= 0.3 is 0 Å². The number of nitrogens with zero attached hydrogens (tertiary/aromatic N) is 3. The molecule has 0 saturated carbocycles. The van der Waals surface area contributed by atoms with Gasteiger partial charge in [-0.25, -0.2) is 0 Å². The smallest absolute Gasteiger partial charge is 0.227 e. The number of hydrogen-bond donors (Lipinski definition) is 1. The van der Waals surface area contributed by atoms with Crippen LogP contribution < -0.4 is 10.2 Å². The minimum absolute atomic E-state index is 0.174. The summed E-state index contributed by atoms with van der Waals surface area (Å²) in [6, 6.07) is 16.2. The predicted molar refractivity (Wildman–Crippen MR) is 108 cm³/mol. The first-order valence-electron chi connectivity index (χ1n) is 9.20. The minimum atomic E-state index is 0.174. The number of nitrogens with one attached hydrogen (secondary N) is 1. The highest BCUT2D eigenvalue weighted by Gasteiger charge is 2.21. The van der Waals surface area contributed by atoms with Crippen LogP contribution in [-0.2, 0) is 17.6 Å². The van der Waals surface area contributed by atoms with E-state index in [1.54, 1.807) is 4.90 Å². The SMILES string of the molecule is CN1C(=O)CCc2cc(-c3cc(NCCc4ccccn4)ccn3)ccc21. The van der Waals surface area contributed by atoms with Gasteiger partial charge < -0.3 is 10.2 Å². The zero-order valence-electron chi connectivity index (χ0n) is 15.4. The highest BCUT2D eigenvalue weighted by Crippen LogP contribution is 2.31. The number of aromatic nitrogens is 2. The third kappa shape index (κ3) is 3.82. The first kappa shape index (κ1) is 17.2. The summed E-state index contributed by atoms with van der Waals surface area (Å²) in [7, 11) is 1.84. The minimum Gasteiger partial charge on any atom is -0.385 e. The summed E-state index contributed by atoms with van der Waals surface area (Å²) in [6.07, 6.45) is 5.87. The molecule has 3 aromatic rings. The second-order valence-electron chi connectivity index (χ2n) is 6.72. The molecule has 0 atom stereocenters. The molecule has 1 N–H and O–H groups in total. The maximum atomic E-state index is 11.9. The number of carbonyl (C=O) groups is 1. The number of carbonyl (C=O) groups excluding carboxylic acids is 1. The summed E-state index contributed by atoms with van der Waals surface area (Å²) in [5, 5.41) is 3.45. The summed E-state index contributed by atoms with van der Waals surface area (Å²) in [5.74, 6) is 0.174. The van der Waals surface area contributed by atoms with Crippen molar-refractivity contribution in [1.29, 1.82) is 0 Å². The molecule has 0 fully saturated rings. The van der Waals surface area contributed by atoms with Gasteiger partial charge in [-0.05, 0) is 48.4 Å². The van der Waals surface area contributed by atoms with Gasteiger partial charge in [0.05, 0.1) is 5.69 Å². The molecule has 1 aliphatic rings. The van der Waals surface area contributed by atoms with E-state index in [-0.39, 0.29) is 5.91 Å². The molecule has 0 saturated heterocycles. The lowest BCUT2D eigenvalue weighted by Crippen LogP contribution is -2.30. The quantitative estimate of drug-likeness (QED) is 0.755. The fourth-order valence-corrected chi connectivity index (χ4v) is 3.40. The van der Waals surface area contributed by atoms with Crippen LogP contribution in [0.4, 0.5) is 11.4 Å². The van der Waals surface area contributed by atoms with Gasteiger partial charge in [0.25, 0.3) is 0 Å². The molecule has 1 aromatic carbocycles. The van der Waals surface area contributed by atoms with Gasteiger partial charge in [-0.3, -0.25) is 14.8 Å². The highest BCUT2D eigenvalue weighted by atomic mass is 16.2. The number of rotatable bonds is 5. The number of amides is 1. The van der Waals surface area contributed by atoms with Gasteiger partial charge in [0.1, 0.15) is 0 Å². The maximum Gasteiger partial charge on any atom is 0.227 e. The number of fused-ring (bicyclic) bond motifs is 1. The van der Waals surface area contributed by atoms with Crippen molar-refractivity contribution in [3.63, 3.8) is 0 Å². The van der Waals surface area contributed by atoms with Crippen LogP contribution in [0.3, 0.4) is 0 Å². The summed E-state index contributed by atoms with van der Waals surface area (Å²) < 4.78 is 0. The van der Waals surface area contributed by atoms with Crippen LogP contribution in [0.15, 0.2) is 60.9 Å². The zero-order chi connectivity index (χ0) is 18.6. The second-order valence-corrected chi connectivity index (χ2v) is 6.72. The number of hydrogen-bond acceptors (Lipinski definition) is 4. The summed E-state index contributed by atoms with van der Waals surface area (Å²) in [4.78, 5) is 22.5. The third-order valence-corrected chi connectivity index (χ3v) is 4.92. The number of aryl methyl sites for hydroxylation is 1. The van der Waals surface area contributed by atoms with Crippen molar-refractivity contribution in [1.82, 2.24) is 9.97 Å². The van der Waals surface area contributed by atoms with Crippen molar-refractivity contribution in [2.75, 3.05) is 23.8 Å². The van der Waals surface area contributed by atoms with Gasteiger partial charge in [-0.2, -0.15) is 0 Å². The molecule has 27 heavy (non-hydrogen) atoms. The average molecular weight is 358 g/mol. The molecule has 2 aromatic heterocycles. The van der Waals surface area contributed by atoms with Crippen molar-refractivity contribution < 1.29 is 4.79 Å². The largest absolute Gasteiger partial charge is 0.385 e. The molecule has 4 rings (SSSR count). The topological polar surface area (TPSA) is 58.1 Å². The van der Waals surface area contributed by atoms with E-state index in [4.69, 9.17) is 0 Å². The summed E-state index contributed by atoms with van der Waals surface area (Å²) >= 11 is 0. The molecule has 5 heteroatoms. The van der Waals surface area contributed by atoms with E-state index in [0.29, 0.717) is 6.42 Å². The molecule has 1 aliphatic heterocycles. The third-order valence-electron chi connectivity index (χ3n) is 4.92. The standard InChI is InChI=1S/C22H22N4O/c1-26-21-7-5-16(14-17(21)6-8-22(26)27)20-15-19(10-13-25-20)24-12-9-18-4-2-3-11-23-18/h2-5,7,10-11,13-15H,6,8-9,12H2,1H3,(H,24,25). The van der Waals surface area contributed by atoms with E-state index < -0.39 is 0 Å². The number of anilines is 2. The first-order chi connectivity index (χ1) is 13.2. The Balaban J connectivity index is 1.48. The first-order valence-corrected chi connectivity index (χ1v) is 9.20. The normalized spacial score (nSPS) is 13.4. The van der Waals surface area contributed by atoms with Crippen LogP contribution in [-0.4, -0.2) is 29.5 Å². The van der Waals surface area contributed by atoms with Gasteiger partial charge in [-0.15, -0.1) is 0 Å². The number of pyridine rings is 2. The maximum absolute atomic E-state index is 11.9. The van der Waals surface area contributed by atoms with E-state index in [2.05, 4.69) is 27.4 Å². The molecule has 0 spiro atoms. The Morgan fingerprint density at radius 3 is 2.81 bits per heavy atom. The van der Waals surface area contributed by atoms with E-state index in [0.717, 1.165) is 47.7 Å². The Morgan fingerprint density at radius 2 is 1.96 bits per heavy atom. The zero-order valence-corrected chi connectivity index (χ0v) is 15.4. The summed E-state index contributed by atoms with van der Waals surface area (Å²) in [5.41, 5.74) is 6.32. The molecule has 0 radical (unpaired) electrons. The lowest BCUT2D eigenvalue weighted by Gasteiger charge is -2.26. The molecule has 1 amide bonds. The van der Waals surface area contributed by atoms with Crippen LogP contribution in [0.5, 0.6) is 0 Å². The van der Waals surface area contributed by atoms with E-state index in [1.165, 1.54) is 5.56 Å². The fourth-order valence-electron chi connectivity index (χ4n) is 3.40. The van der Waals surface area contributed by atoms with E-state index >= 15 is 0 Å². The Labute approximate surface area is 159 Å². The van der Waals surface area contributed by atoms with Crippen molar-refractivity contribution in [2.45, 2.75) is 19.3 Å². The monoisotopic (exact) mass is 358 g/mol. The molecular formula is C22H22N4O. The van der Waals surface area contributed by atoms with Crippen molar-refractivity contribution >= 4 is 17.3 Å². The van der Waals surface area contributed by atoms with E-state index in [1.807, 2.05) is 55.8 Å². The van der Waals surface area contributed by atoms with Gasteiger partial charge in [0.15, 0.2) is 0 Å². The molecular weight excluding hydrogens is 336 g/mol. The van der Waals surface area contributed by atoms with Crippen molar-refractivity contribution in [3.8, 4) is 11.3 Å². The molecule has 3 heterocycles. The lowest BCUT2D eigenvalue weighted by molar-refractivity contribution is -0.118. The molecule has 0 bridgehead atoms. The Kier molecular flexibility index (Phi) is 4.83. The Hall–Kier alpha value is -3.21. The van der Waals surface area contributed by atoms with Crippen LogP contribution in [0.1, 0.15) is 17.7 Å². The number of benzene rings is 1.